The van der Waals surface area contributed by atoms with E-state index in [1.54, 1.807) is 7.05 Å². The summed E-state index contributed by atoms with van der Waals surface area (Å²) in [5.41, 5.74) is -1.13. The largest absolute Gasteiger partial charge is 0.465 e. The number of hydrogen-bond donors (Lipinski definition) is 1. The first-order valence-corrected chi connectivity index (χ1v) is 7.32. The van der Waals surface area contributed by atoms with Gasteiger partial charge in [-0.3, -0.25) is 9.69 Å². The Bertz CT molecular complexity index is 339. The van der Waals surface area contributed by atoms with Crippen LogP contribution in [-0.4, -0.2) is 60.9 Å². The highest BCUT2D eigenvalue weighted by Gasteiger charge is 2.42. The van der Waals surface area contributed by atoms with Gasteiger partial charge >= 0.3 is 5.97 Å². The van der Waals surface area contributed by atoms with Crippen LogP contribution in [0.4, 0.5) is 0 Å². The van der Waals surface area contributed by atoms with Crippen LogP contribution in [0.25, 0.3) is 0 Å². The van der Waals surface area contributed by atoms with E-state index in [9.17, 15) is 4.79 Å². The van der Waals surface area contributed by atoms with Gasteiger partial charge in [0.05, 0.1) is 17.8 Å². The lowest BCUT2D eigenvalue weighted by Gasteiger charge is -2.48. The standard InChI is InChI=1S/C15H30N2O3/c1-8-19-12(18)15(6,16-7)11-17-9-13(2,3)20-14(4,5)10-17/h16H,8-11H2,1-7H3. The van der Waals surface area contributed by atoms with E-state index in [4.69, 9.17) is 9.47 Å². The smallest absolute Gasteiger partial charge is 0.327 e. The lowest BCUT2D eigenvalue weighted by molar-refractivity contribution is -0.185. The number of carbonyl (C=O) groups is 1. The second-order valence-corrected chi connectivity index (χ2v) is 7.07. The lowest BCUT2D eigenvalue weighted by Crippen LogP contribution is -2.63. The highest BCUT2D eigenvalue weighted by atomic mass is 16.5. The fraction of sp³-hybridized carbons (Fsp3) is 0.933. The number of likely N-dealkylation sites (N-methyl/N-ethyl adjacent to an activating group) is 1. The predicted molar refractivity (Wildman–Crippen MR) is 79.8 cm³/mol. The molecule has 0 saturated carbocycles. The average molecular weight is 286 g/mol. The molecular weight excluding hydrogens is 256 g/mol. The van der Waals surface area contributed by atoms with Crippen molar-refractivity contribution in [1.29, 1.82) is 0 Å². The molecule has 0 bridgehead atoms. The summed E-state index contributed by atoms with van der Waals surface area (Å²) in [5, 5.41) is 3.11. The SMILES string of the molecule is CCOC(=O)C(C)(CN1CC(C)(C)OC(C)(C)C1)NC. The Morgan fingerprint density at radius 2 is 1.80 bits per heavy atom. The minimum atomic E-state index is -0.695. The van der Waals surface area contributed by atoms with Crippen LogP contribution in [-0.2, 0) is 14.3 Å². The zero-order chi connectivity index (χ0) is 15.6. The first-order chi connectivity index (χ1) is 9.03. The molecule has 1 saturated heterocycles. The van der Waals surface area contributed by atoms with Gasteiger partial charge in [-0.2, -0.15) is 0 Å². The molecule has 1 fully saturated rings. The zero-order valence-electron chi connectivity index (χ0n) is 14.0. The van der Waals surface area contributed by atoms with Gasteiger partial charge in [-0.25, -0.2) is 0 Å². The Labute approximate surface area is 123 Å². The summed E-state index contributed by atoms with van der Waals surface area (Å²) in [5.74, 6) is -0.204. The van der Waals surface area contributed by atoms with Crippen LogP contribution in [0.2, 0.25) is 0 Å². The highest BCUT2D eigenvalue weighted by Crippen LogP contribution is 2.29. The number of ether oxygens (including phenoxy) is 2. The van der Waals surface area contributed by atoms with Crippen LogP contribution >= 0.6 is 0 Å². The van der Waals surface area contributed by atoms with Gasteiger partial charge in [-0.15, -0.1) is 0 Å². The fourth-order valence-electron chi connectivity index (χ4n) is 3.04. The number of morpholine rings is 1. The molecule has 0 aromatic heterocycles. The van der Waals surface area contributed by atoms with E-state index in [1.165, 1.54) is 0 Å². The fourth-order valence-corrected chi connectivity index (χ4v) is 3.04. The maximum absolute atomic E-state index is 12.1. The lowest BCUT2D eigenvalue weighted by atomic mass is 9.95. The molecule has 20 heavy (non-hydrogen) atoms. The summed E-state index contributed by atoms with van der Waals surface area (Å²) in [7, 11) is 1.80. The van der Waals surface area contributed by atoms with Crippen molar-refractivity contribution in [2.45, 2.75) is 58.3 Å². The van der Waals surface area contributed by atoms with Crippen molar-refractivity contribution in [3.8, 4) is 0 Å². The van der Waals surface area contributed by atoms with Gasteiger partial charge in [0.25, 0.3) is 0 Å². The van der Waals surface area contributed by atoms with E-state index in [-0.39, 0.29) is 17.2 Å². The molecule has 1 unspecified atom stereocenters. The summed E-state index contributed by atoms with van der Waals surface area (Å²) in [6, 6.07) is 0. The minimum Gasteiger partial charge on any atom is -0.465 e. The molecule has 118 valence electrons. The molecule has 1 N–H and O–H groups in total. The molecule has 1 atom stereocenters. The molecule has 0 aromatic carbocycles. The molecular formula is C15H30N2O3. The maximum Gasteiger partial charge on any atom is 0.327 e. The normalized spacial score (nSPS) is 24.9. The van der Waals surface area contributed by atoms with Gasteiger partial charge in [0.2, 0.25) is 0 Å². The van der Waals surface area contributed by atoms with Crippen LogP contribution in [0.1, 0.15) is 41.5 Å². The molecule has 1 heterocycles. The van der Waals surface area contributed by atoms with Crippen LogP contribution < -0.4 is 5.32 Å². The molecule has 0 radical (unpaired) electrons. The van der Waals surface area contributed by atoms with Crippen molar-refractivity contribution in [2.75, 3.05) is 33.3 Å². The Morgan fingerprint density at radius 1 is 1.30 bits per heavy atom. The molecule has 1 aliphatic heterocycles. The first kappa shape index (κ1) is 17.4. The summed E-state index contributed by atoms with van der Waals surface area (Å²) >= 11 is 0. The third-order valence-electron chi connectivity index (χ3n) is 3.58. The molecule has 5 nitrogen and oxygen atoms in total. The third-order valence-corrected chi connectivity index (χ3v) is 3.58. The van der Waals surface area contributed by atoms with Gasteiger partial charge in [-0.05, 0) is 48.6 Å². The summed E-state index contributed by atoms with van der Waals surface area (Å²) < 4.78 is 11.3. The molecule has 0 aromatic rings. The Balaban J connectivity index is 2.81. The maximum atomic E-state index is 12.1. The highest BCUT2D eigenvalue weighted by molar-refractivity contribution is 5.80. The molecule has 1 aliphatic rings. The van der Waals surface area contributed by atoms with Crippen molar-refractivity contribution >= 4 is 5.97 Å². The first-order valence-electron chi connectivity index (χ1n) is 7.32. The van der Waals surface area contributed by atoms with Crippen molar-refractivity contribution in [1.82, 2.24) is 10.2 Å². The van der Waals surface area contributed by atoms with Crippen molar-refractivity contribution in [3.63, 3.8) is 0 Å². The number of esters is 1. The number of nitrogens with one attached hydrogen (secondary N) is 1. The van der Waals surface area contributed by atoms with E-state index in [2.05, 4.69) is 37.9 Å². The van der Waals surface area contributed by atoms with Gasteiger partial charge in [0.1, 0.15) is 5.54 Å². The Hall–Kier alpha value is -0.650. The number of rotatable bonds is 5. The molecule has 0 spiro atoms. The van der Waals surface area contributed by atoms with E-state index in [0.717, 1.165) is 13.1 Å². The third kappa shape index (κ3) is 4.43. The van der Waals surface area contributed by atoms with Gasteiger partial charge in [-0.1, -0.05) is 0 Å². The van der Waals surface area contributed by atoms with E-state index >= 15 is 0 Å². The van der Waals surface area contributed by atoms with Crippen LogP contribution in [0, 0.1) is 0 Å². The summed E-state index contributed by atoms with van der Waals surface area (Å²) in [6.07, 6.45) is 0. The Morgan fingerprint density at radius 3 is 2.20 bits per heavy atom. The second kappa shape index (κ2) is 6.00. The monoisotopic (exact) mass is 286 g/mol. The van der Waals surface area contributed by atoms with E-state index in [1.807, 2.05) is 13.8 Å². The quantitative estimate of drug-likeness (QED) is 0.775. The van der Waals surface area contributed by atoms with Gasteiger partial charge in [0, 0.05) is 19.6 Å². The zero-order valence-corrected chi connectivity index (χ0v) is 14.0. The number of nitrogens with zero attached hydrogens (tertiary/aromatic N) is 1. The minimum absolute atomic E-state index is 0.204. The topological polar surface area (TPSA) is 50.8 Å². The van der Waals surface area contributed by atoms with Crippen molar-refractivity contribution in [2.24, 2.45) is 0 Å². The van der Waals surface area contributed by atoms with Gasteiger partial charge in [0.15, 0.2) is 0 Å². The van der Waals surface area contributed by atoms with Crippen molar-refractivity contribution in [3.05, 3.63) is 0 Å². The van der Waals surface area contributed by atoms with Crippen LogP contribution in [0.15, 0.2) is 0 Å². The van der Waals surface area contributed by atoms with E-state index < -0.39 is 5.54 Å². The summed E-state index contributed by atoms with van der Waals surface area (Å²) in [4.78, 5) is 14.4. The molecule has 5 heteroatoms. The Kier molecular flexibility index (Phi) is 5.22. The summed E-state index contributed by atoms with van der Waals surface area (Å²) in [6.45, 7) is 14.7. The molecule has 1 rings (SSSR count). The van der Waals surface area contributed by atoms with Crippen molar-refractivity contribution < 1.29 is 14.3 Å². The van der Waals surface area contributed by atoms with Gasteiger partial charge < -0.3 is 14.8 Å². The number of hydrogen-bond acceptors (Lipinski definition) is 5. The number of carbonyl (C=O) groups excluding carboxylic acids is 1. The van der Waals surface area contributed by atoms with Crippen LogP contribution in [0.5, 0.6) is 0 Å². The van der Waals surface area contributed by atoms with E-state index in [0.29, 0.717) is 13.2 Å². The molecule has 0 amide bonds. The molecule has 0 aliphatic carbocycles. The second-order valence-electron chi connectivity index (χ2n) is 7.07. The average Bonchev–Trinajstić information content (AvgIpc) is 2.24. The predicted octanol–water partition coefficient (Wildman–Crippen LogP) is 1.42. The van der Waals surface area contributed by atoms with Crippen LogP contribution in [0.3, 0.4) is 0 Å².